The highest BCUT2D eigenvalue weighted by molar-refractivity contribution is 14.0. The maximum Gasteiger partial charge on any atom is 0.191 e. The summed E-state index contributed by atoms with van der Waals surface area (Å²) < 4.78 is 5.90. The Morgan fingerprint density at radius 3 is 2.68 bits per heavy atom. The largest absolute Gasteiger partial charge is 0.487 e. The van der Waals surface area contributed by atoms with E-state index < -0.39 is 0 Å². The van der Waals surface area contributed by atoms with Crippen molar-refractivity contribution >= 4 is 57.9 Å². The summed E-state index contributed by atoms with van der Waals surface area (Å²) in [6.45, 7) is 4.81. The second-order valence-corrected chi connectivity index (χ2v) is 8.00. The van der Waals surface area contributed by atoms with Crippen LogP contribution in [0.5, 0.6) is 5.75 Å². The Kier molecular flexibility index (Phi) is 9.67. The normalized spacial score (nSPS) is 16.2. The number of para-hydroxylation sites is 1. The first-order chi connectivity index (χ1) is 13.2. The van der Waals surface area contributed by atoms with Crippen LogP contribution in [0.15, 0.2) is 46.8 Å². The van der Waals surface area contributed by atoms with Crippen LogP contribution in [0.2, 0.25) is 5.02 Å². The molecule has 0 saturated carbocycles. The van der Waals surface area contributed by atoms with Crippen molar-refractivity contribution in [2.24, 2.45) is 4.99 Å². The number of anilines is 1. The van der Waals surface area contributed by atoms with E-state index in [0.29, 0.717) is 23.4 Å². The van der Waals surface area contributed by atoms with Gasteiger partial charge in [-0.25, -0.2) is 0 Å². The highest BCUT2D eigenvalue weighted by Gasteiger charge is 2.20. The van der Waals surface area contributed by atoms with Gasteiger partial charge >= 0.3 is 0 Å². The third kappa shape index (κ3) is 6.70. The van der Waals surface area contributed by atoms with E-state index >= 15 is 0 Å². The summed E-state index contributed by atoms with van der Waals surface area (Å²) >= 11 is 7.96. The molecule has 1 aromatic carbocycles. The number of benzene rings is 1. The highest BCUT2D eigenvalue weighted by Crippen LogP contribution is 2.25. The van der Waals surface area contributed by atoms with Crippen LogP contribution in [0.3, 0.4) is 0 Å². The van der Waals surface area contributed by atoms with Gasteiger partial charge in [-0.3, -0.25) is 4.99 Å². The van der Waals surface area contributed by atoms with Gasteiger partial charge in [0.25, 0.3) is 0 Å². The van der Waals surface area contributed by atoms with Crippen molar-refractivity contribution in [2.45, 2.75) is 31.9 Å². The average Bonchev–Trinajstić information content (AvgIpc) is 3.22. The summed E-state index contributed by atoms with van der Waals surface area (Å²) in [5, 5.41) is 11.0. The van der Waals surface area contributed by atoms with Gasteiger partial charge in [-0.2, -0.15) is 0 Å². The van der Waals surface area contributed by atoms with Crippen molar-refractivity contribution in [3.8, 4) is 5.75 Å². The maximum absolute atomic E-state index is 6.15. The van der Waals surface area contributed by atoms with E-state index in [2.05, 4.69) is 38.0 Å². The van der Waals surface area contributed by atoms with Crippen LogP contribution >= 0.6 is 46.9 Å². The highest BCUT2D eigenvalue weighted by atomic mass is 127. The SMILES string of the molecule is CN=C(NCC(C)Oc1ccccc1Cl)NC1CCN(c2cccs2)CC1.I. The summed E-state index contributed by atoms with van der Waals surface area (Å²) in [5.74, 6) is 1.52. The third-order valence-electron chi connectivity index (χ3n) is 4.60. The minimum Gasteiger partial charge on any atom is -0.487 e. The molecule has 8 heteroatoms. The number of aliphatic imine (C=N–C) groups is 1. The lowest BCUT2D eigenvalue weighted by atomic mass is 10.1. The smallest absolute Gasteiger partial charge is 0.191 e. The molecule has 1 aromatic heterocycles. The molecule has 5 nitrogen and oxygen atoms in total. The van der Waals surface area contributed by atoms with Gasteiger partial charge in [-0.15, -0.1) is 35.3 Å². The molecule has 2 N–H and O–H groups in total. The van der Waals surface area contributed by atoms with Crippen LogP contribution in [0.4, 0.5) is 5.00 Å². The molecule has 3 rings (SSSR count). The fourth-order valence-corrected chi connectivity index (χ4v) is 4.09. The molecule has 1 saturated heterocycles. The van der Waals surface area contributed by atoms with Gasteiger partial charge in [0, 0.05) is 26.2 Å². The van der Waals surface area contributed by atoms with Gasteiger partial charge in [-0.05, 0) is 49.4 Å². The molecule has 154 valence electrons. The van der Waals surface area contributed by atoms with Crippen LogP contribution < -0.4 is 20.3 Å². The predicted octanol–water partition coefficient (Wildman–Crippen LogP) is 4.62. The Bertz CT molecular complexity index is 736. The first-order valence-corrected chi connectivity index (χ1v) is 10.6. The van der Waals surface area contributed by atoms with Gasteiger partial charge < -0.3 is 20.3 Å². The van der Waals surface area contributed by atoms with Crippen molar-refractivity contribution in [3.05, 3.63) is 46.8 Å². The van der Waals surface area contributed by atoms with Crippen molar-refractivity contribution in [2.75, 3.05) is 31.6 Å². The second kappa shape index (κ2) is 11.7. The zero-order valence-electron chi connectivity index (χ0n) is 16.2. The van der Waals surface area contributed by atoms with E-state index in [-0.39, 0.29) is 30.1 Å². The van der Waals surface area contributed by atoms with Crippen LogP contribution in [-0.2, 0) is 0 Å². The standard InChI is InChI=1S/C20H27ClN4OS.HI/c1-15(26-18-7-4-3-6-17(18)21)14-23-20(22-2)24-16-9-11-25(12-10-16)19-8-5-13-27-19;/h3-8,13,15-16H,9-12,14H2,1-2H3,(H2,22,23,24);1H. The van der Waals surface area contributed by atoms with Gasteiger partial charge in [0.15, 0.2) is 5.96 Å². The van der Waals surface area contributed by atoms with E-state index in [1.54, 1.807) is 7.05 Å². The molecule has 0 bridgehead atoms. The molecule has 0 aliphatic carbocycles. The number of halogens is 2. The molecular formula is C20H28ClIN4OS. The summed E-state index contributed by atoms with van der Waals surface area (Å²) in [4.78, 5) is 6.81. The first-order valence-electron chi connectivity index (χ1n) is 9.32. The van der Waals surface area contributed by atoms with E-state index in [4.69, 9.17) is 16.3 Å². The third-order valence-corrected chi connectivity index (χ3v) is 5.84. The fraction of sp³-hybridized carbons (Fsp3) is 0.450. The van der Waals surface area contributed by atoms with Crippen LogP contribution in [-0.4, -0.2) is 44.8 Å². The molecule has 1 atom stereocenters. The summed E-state index contributed by atoms with van der Waals surface area (Å²) in [6, 6.07) is 12.3. The van der Waals surface area contributed by atoms with E-state index in [0.717, 1.165) is 31.9 Å². The predicted molar refractivity (Wildman–Crippen MR) is 131 cm³/mol. The van der Waals surface area contributed by atoms with Crippen LogP contribution in [0.1, 0.15) is 19.8 Å². The lowest BCUT2D eigenvalue weighted by Gasteiger charge is -2.33. The second-order valence-electron chi connectivity index (χ2n) is 6.67. The Hall–Kier alpha value is -1.19. The number of guanidine groups is 1. The number of nitrogens with one attached hydrogen (secondary N) is 2. The molecular weight excluding hydrogens is 507 g/mol. The zero-order valence-corrected chi connectivity index (χ0v) is 20.1. The number of piperidine rings is 1. The maximum atomic E-state index is 6.15. The summed E-state index contributed by atoms with van der Waals surface area (Å²) in [7, 11) is 1.80. The minimum absolute atomic E-state index is 0. The van der Waals surface area contributed by atoms with Gasteiger partial charge in [-0.1, -0.05) is 23.7 Å². The minimum atomic E-state index is -0.0240. The molecule has 1 unspecified atom stereocenters. The molecule has 1 fully saturated rings. The van der Waals surface area contributed by atoms with Gasteiger partial charge in [0.2, 0.25) is 0 Å². The Morgan fingerprint density at radius 1 is 1.29 bits per heavy atom. The van der Waals surface area contributed by atoms with Crippen molar-refractivity contribution in [1.82, 2.24) is 10.6 Å². The van der Waals surface area contributed by atoms with E-state index in [1.165, 1.54) is 5.00 Å². The first kappa shape index (κ1) is 23.1. The Balaban J connectivity index is 0.00000280. The number of ether oxygens (including phenoxy) is 1. The summed E-state index contributed by atoms with van der Waals surface area (Å²) in [6.07, 6.45) is 2.18. The molecule has 0 spiro atoms. The lowest BCUT2D eigenvalue weighted by molar-refractivity contribution is 0.224. The van der Waals surface area contributed by atoms with Crippen molar-refractivity contribution in [3.63, 3.8) is 0 Å². The van der Waals surface area contributed by atoms with Gasteiger partial charge in [0.05, 0.1) is 16.6 Å². The zero-order chi connectivity index (χ0) is 19.1. The molecule has 1 aliphatic rings. The molecule has 0 radical (unpaired) electrons. The Labute approximate surface area is 193 Å². The van der Waals surface area contributed by atoms with E-state index in [1.807, 2.05) is 42.5 Å². The van der Waals surface area contributed by atoms with Crippen LogP contribution in [0, 0.1) is 0 Å². The molecule has 2 heterocycles. The Morgan fingerprint density at radius 2 is 2.04 bits per heavy atom. The molecule has 2 aromatic rings. The number of thiophene rings is 1. The van der Waals surface area contributed by atoms with E-state index in [9.17, 15) is 0 Å². The number of rotatable bonds is 6. The fourth-order valence-electron chi connectivity index (χ4n) is 3.12. The molecule has 1 aliphatic heterocycles. The summed E-state index contributed by atoms with van der Waals surface area (Å²) in [5.41, 5.74) is 0. The monoisotopic (exact) mass is 534 g/mol. The lowest BCUT2D eigenvalue weighted by Crippen LogP contribution is -2.50. The number of nitrogens with zero attached hydrogens (tertiary/aromatic N) is 2. The molecule has 28 heavy (non-hydrogen) atoms. The van der Waals surface area contributed by atoms with Crippen LogP contribution in [0.25, 0.3) is 0 Å². The topological polar surface area (TPSA) is 48.9 Å². The average molecular weight is 535 g/mol. The number of hydrogen-bond donors (Lipinski definition) is 2. The van der Waals surface area contributed by atoms with Crippen molar-refractivity contribution in [1.29, 1.82) is 0 Å². The number of hydrogen-bond acceptors (Lipinski definition) is 4. The molecule has 0 amide bonds. The van der Waals surface area contributed by atoms with Gasteiger partial charge in [0.1, 0.15) is 11.9 Å². The quantitative estimate of drug-likeness (QED) is 0.323. The van der Waals surface area contributed by atoms with Crippen molar-refractivity contribution < 1.29 is 4.74 Å².